The van der Waals surface area contributed by atoms with E-state index in [4.69, 9.17) is 18.9 Å². The standard InChI is InChI=1S/C30H30N2O8/c1-37-23-6-4-5-21(16-23)25(33)18-40-30(36)20-8-10-22(11-9-20)32-28(34)17-24(29(32)35)31-14-13-19-7-12-26(38-2)27(15-19)39-3/h4-12,15-16,24,31H,13-14,17-18H2,1-3H3. The number of Topliss-reactive ketones (excluding diaryl/α,β-unsaturated/α-hetero) is 1. The first-order valence-corrected chi connectivity index (χ1v) is 12.6. The zero-order valence-corrected chi connectivity index (χ0v) is 22.5. The lowest BCUT2D eigenvalue weighted by molar-refractivity contribution is -0.121. The highest BCUT2D eigenvalue weighted by Crippen LogP contribution is 2.28. The molecule has 1 N–H and O–H groups in total. The summed E-state index contributed by atoms with van der Waals surface area (Å²) in [4.78, 5) is 51.6. The van der Waals surface area contributed by atoms with Crippen molar-refractivity contribution in [2.45, 2.75) is 18.9 Å². The summed E-state index contributed by atoms with van der Waals surface area (Å²) in [5.74, 6) is -0.00153. The van der Waals surface area contributed by atoms with Gasteiger partial charge in [0.15, 0.2) is 23.9 Å². The van der Waals surface area contributed by atoms with Crippen LogP contribution in [0.1, 0.15) is 32.7 Å². The van der Waals surface area contributed by atoms with Crippen LogP contribution in [-0.2, 0) is 20.7 Å². The molecular weight excluding hydrogens is 516 g/mol. The molecule has 40 heavy (non-hydrogen) atoms. The summed E-state index contributed by atoms with van der Waals surface area (Å²) >= 11 is 0. The molecular formula is C30H30N2O8. The maximum atomic E-state index is 13.0. The highest BCUT2D eigenvalue weighted by molar-refractivity contribution is 6.22. The lowest BCUT2D eigenvalue weighted by Gasteiger charge is -2.16. The minimum absolute atomic E-state index is 0.0287. The second kappa shape index (κ2) is 12.9. The second-order valence-corrected chi connectivity index (χ2v) is 9.00. The van der Waals surface area contributed by atoms with Gasteiger partial charge in [-0.05, 0) is 67.1 Å². The Bertz CT molecular complexity index is 1400. The zero-order valence-electron chi connectivity index (χ0n) is 22.5. The minimum atomic E-state index is -0.698. The van der Waals surface area contributed by atoms with Crippen LogP contribution < -0.4 is 24.4 Å². The molecule has 3 aromatic rings. The first kappa shape index (κ1) is 28.3. The first-order chi connectivity index (χ1) is 19.3. The molecule has 0 bridgehead atoms. The van der Waals surface area contributed by atoms with Gasteiger partial charge in [0.2, 0.25) is 5.91 Å². The van der Waals surface area contributed by atoms with E-state index in [9.17, 15) is 19.2 Å². The van der Waals surface area contributed by atoms with E-state index in [-0.39, 0.29) is 29.6 Å². The van der Waals surface area contributed by atoms with Crippen molar-refractivity contribution in [2.75, 3.05) is 39.4 Å². The number of carbonyl (C=O) groups excluding carboxylic acids is 4. The van der Waals surface area contributed by atoms with Gasteiger partial charge in [0, 0.05) is 5.56 Å². The van der Waals surface area contributed by atoms with Crippen molar-refractivity contribution >= 4 is 29.3 Å². The van der Waals surface area contributed by atoms with Gasteiger partial charge < -0.3 is 24.3 Å². The molecule has 1 fully saturated rings. The van der Waals surface area contributed by atoms with Gasteiger partial charge in [-0.15, -0.1) is 0 Å². The Morgan fingerprint density at radius 3 is 2.33 bits per heavy atom. The summed E-state index contributed by atoms with van der Waals surface area (Å²) < 4.78 is 20.8. The third kappa shape index (κ3) is 6.47. The Hall–Kier alpha value is -4.70. The first-order valence-electron chi connectivity index (χ1n) is 12.6. The number of ketones is 1. The molecule has 0 aliphatic carbocycles. The largest absolute Gasteiger partial charge is 0.497 e. The zero-order chi connectivity index (χ0) is 28.6. The maximum absolute atomic E-state index is 13.0. The molecule has 1 aliphatic heterocycles. The second-order valence-electron chi connectivity index (χ2n) is 9.00. The summed E-state index contributed by atoms with van der Waals surface area (Å²) in [7, 11) is 4.63. The van der Waals surface area contributed by atoms with Gasteiger partial charge in [0.25, 0.3) is 5.91 Å². The summed E-state index contributed by atoms with van der Waals surface area (Å²) in [5, 5.41) is 3.16. The van der Waals surface area contributed by atoms with E-state index in [1.54, 1.807) is 38.5 Å². The van der Waals surface area contributed by atoms with E-state index in [1.165, 1.54) is 31.4 Å². The number of imide groups is 1. The van der Waals surface area contributed by atoms with E-state index in [0.717, 1.165) is 10.5 Å². The highest BCUT2D eigenvalue weighted by atomic mass is 16.5. The molecule has 0 aromatic heterocycles. The van der Waals surface area contributed by atoms with Crippen LogP contribution in [-0.4, -0.2) is 64.1 Å². The third-order valence-corrected chi connectivity index (χ3v) is 6.49. The van der Waals surface area contributed by atoms with Crippen LogP contribution in [0.2, 0.25) is 0 Å². The molecule has 1 atom stereocenters. The lowest BCUT2D eigenvalue weighted by Crippen LogP contribution is -2.39. The van der Waals surface area contributed by atoms with Gasteiger partial charge in [-0.2, -0.15) is 0 Å². The van der Waals surface area contributed by atoms with E-state index < -0.39 is 18.6 Å². The van der Waals surface area contributed by atoms with Gasteiger partial charge in [-0.3, -0.25) is 14.4 Å². The van der Waals surface area contributed by atoms with Gasteiger partial charge in [-0.25, -0.2) is 9.69 Å². The predicted molar refractivity (Wildman–Crippen MR) is 146 cm³/mol. The van der Waals surface area contributed by atoms with Crippen LogP contribution in [0.15, 0.2) is 66.7 Å². The average molecular weight is 547 g/mol. The Morgan fingerprint density at radius 2 is 1.62 bits per heavy atom. The molecule has 1 aliphatic rings. The number of methoxy groups -OCH3 is 3. The van der Waals surface area contributed by atoms with Crippen molar-refractivity contribution in [1.29, 1.82) is 0 Å². The molecule has 1 unspecified atom stereocenters. The third-order valence-electron chi connectivity index (χ3n) is 6.49. The van der Waals surface area contributed by atoms with E-state index >= 15 is 0 Å². The lowest BCUT2D eigenvalue weighted by atomic mass is 10.1. The molecule has 3 aromatic carbocycles. The Morgan fingerprint density at radius 1 is 0.875 bits per heavy atom. The van der Waals surface area contributed by atoms with Gasteiger partial charge in [0.1, 0.15) is 5.75 Å². The summed E-state index contributed by atoms with van der Waals surface area (Å²) in [6.45, 7) is 0.0414. The summed E-state index contributed by atoms with van der Waals surface area (Å²) in [6.07, 6.45) is 0.649. The average Bonchev–Trinajstić information content (AvgIpc) is 3.27. The van der Waals surface area contributed by atoms with Crippen molar-refractivity contribution in [3.63, 3.8) is 0 Å². The summed E-state index contributed by atoms with van der Waals surface area (Å²) in [5.41, 5.74) is 1.89. The molecule has 10 nitrogen and oxygen atoms in total. The quantitative estimate of drug-likeness (QED) is 0.207. The van der Waals surface area contributed by atoms with Gasteiger partial charge in [0.05, 0.1) is 45.0 Å². The van der Waals surface area contributed by atoms with Crippen LogP contribution in [0.3, 0.4) is 0 Å². The number of hydrogen-bond acceptors (Lipinski definition) is 9. The monoisotopic (exact) mass is 546 g/mol. The number of carbonyl (C=O) groups is 4. The van der Waals surface area contributed by atoms with E-state index in [2.05, 4.69) is 5.32 Å². The summed E-state index contributed by atoms with van der Waals surface area (Å²) in [6, 6.07) is 17.4. The van der Waals surface area contributed by atoms with Crippen LogP contribution in [0.5, 0.6) is 17.2 Å². The van der Waals surface area contributed by atoms with Crippen molar-refractivity contribution in [3.05, 3.63) is 83.4 Å². The molecule has 2 amide bonds. The van der Waals surface area contributed by atoms with E-state index in [0.29, 0.717) is 41.5 Å². The normalized spacial score (nSPS) is 14.7. The maximum Gasteiger partial charge on any atom is 0.338 e. The van der Waals surface area contributed by atoms with Crippen molar-refractivity contribution in [1.82, 2.24) is 5.32 Å². The minimum Gasteiger partial charge on any atom is -0.497 e. The smallest absolute Gasteiger partial charge is 0.338 e. The number of amides is 2. The molecule has 1 heterocycles. The van der Waals surface area contributed by atoms with E-state index in [1.807, 2.05) is 18.2 Å². The Labute approximate surface area is 231 Å². The molecule has 1 saturated heterocycles. The number of nitrogens with zero attached hydrogens (tertiary/aromatic N) is 1. The molecule has 208 valence electrons. The SMILES string of the molecule is COc1cccc(C(=O)COC(=O)c2ccc(N3C(=O)CC(NCCc4ccc(OC)c(OC)c4)C3=O)cc2)c1. The Kier molecular flexibility index (Phi) is 9.13. The topological polar surface area (TPSA) is 120 Å². The fourth-order valence-electron chi connectivity index (χ4n) is 4.33. The van der Waals surface area contributed by atoms with Crippen LogP contribution in [0.4, 0.5) is 5.69 Å². The number of esters is 1. The van der Waals surface area contributed by atoms with Gasteiger partial charge >= 0.3 is 5.97 Å². The van der Waals surface area contributed by atoms with Crippen LogP contribution in [0.25, 0.3) is 0 Å². The van der Waals surface area contributed by atoms with Crippen molar-refractivity contribution < 1.29 is 38.1 Å². The fraction of sp³-hybridized carbons (Fsp3) is 0.267. The number of anilines is 1. The molecule has 0 saturated carbocycles. The molecule has 10 heteroatoms. The number of ether oxygens (including phenoxy) is 4. The van der Waals surface area contributed by atoms with Crippen LogP contribution in [0, 0.1) is 0 Å². The van der Waals surface area contributed by atoms with Crippen molar-refractivity contribution in [2.24, 2.45) is 0 Å². The molecule has 0 radical (unpaired) electrons. The predicted octanol–water partition coefficient (Wildman–Crippen LogP) is 3.22. The number of benzene rings is 3. The number of rotatable bonds is 12. The van der Waals surface area contributed by atoms with Gasteiger partial charge in [-0.1, -0.05) is 18.2 Å². The number of hydrogen-bond donors (Lipinski definition) is 1. The Balaban J connectivity index is 1.30. The highest BCUT2D eigenvalue weighted by Gasteiger charge is 2.39. The molecule has 4 rings (SSSR count). The number of nitrogens with one attached hydrogen (secondary N) is 1. The van der Waals surface area contributed by atoms with Crippen LogP contribution >= 0.6 is 0 Å². The molecule has 0 spiro atoms. The van der Waals surface area contributed by atoms with Crippen molar-refractivity contribution in [3.8, 4) is 17.2 Å². The fourth-order valence-corrected chi connectivity index (χ4v) is 4.33.